The summed E-state index contributed by atoms with van der Waals surface area (Å²) in [5, 5.41) is 0. The lowest BCUT2D eigenvalue weighted by Crippen LogP contribution is -1.82. The van der Waals surface area contributed by atoms with E-state index in [1.807, 2.05) is 0 Å². The first-order chi connectivity index (χ1) is 2.77. The van der Waals surface area contributed by atoms with Gasteiger partial charge in [0.05, 0.1) is 0 Å². The second-order valence-electron chi connectivity index (χ2n) is 1.14. The van der Waals surface area contributed by atoms with Gasteiger partial charge in [0.15, 0.2) is 0 Å². The lowest BCUT2D eigenvalue weighted by molar-refractivity contribution is -0.116. The van der Waals surface area contributed by atoms with Gasteiger partial charge in [0, 0.05) is 6.42 Å². The molecule has 0 heterocycles. The summed E-state index contributed by atoms with van der Waals surface area (Å²) < 4.78 is 0. The van der Waals surface area contributed by atoms with Gasteiger partial charge in [-0.1, -0.05) is 12.7 Å². The average Bonchev–Trinajstić information content (AvgIpc) is 1.35. The highest BCUT2D eigenvalue weighted by molar-refractivity contribution is 5.76. The van der Waals surface area contributed by atoms with Crippen LogP contribution in [-0.2, 0) is 4.79 Å². The normalized spacial score (nSPS) is 7.50. The lowest BCUT2D eigenvalue weighted by Gasteiger charge is -1.75. The van der Waals surface area contributed by atoms with Crippen molar-refractivity contribution in [3.8, 4) is 0 Å². The molecule has 1 heteroatoms. The number of hydrogen-bond acceptors (Lipinski definition) is 1. The fourth-order valence-electron chi connectivity index (χ4n) is 0.166. The van der Waals surface area contributed by atoms with Crippen LogP contribution in [0.2, 0.25) is 0 Å². The molecule has 0 saturated heterocycles. The molecule has 0 aromatic carbocycles. The Hall–Kier alpha value is -0.590. The number of rotatable bonds is 2. The Labute approximate surface area is 37.7 Å². The van der Waals surface area contributed by atoms with Crippen LogP contribution in [0.15, 0.2) is 6.08 Å². The van der Waals surface area contributed by atoms with Crippen molar-refractivity contribution in [2.75, 3.05) is 0 Å². The molecule has 0 saturated carbocycles. The number of carbonyl (C=O) groups excluding carboxylic acids is 1. The molecule has 0 aromatic heterocycles. The minimum atomic E-state index is 0.109. The molecule has 0 spiro atoms. The van der Waals surface area contributed by atoms with Crippen molar-refractivity contribution in [3.63, 3.8) is 0 Å². The Morgan fingerprint density at radius 2 is 2.50 bits per heavy atom. The molecule has 33 valence electrons. The Morgan fingerprint density at radius 1 is 2.00 bits per heavy atom. The number of allylic oxidation sites excluding steroid dienone is 1. The van der Waals surface area contributed by atoms with Crippen LogP contribution in [-0.4, -0.2) is 5.78 Å². The van der Waals surface area contributed by atoms with Crippen molar-refractivity contribution in [1.82, 2.24) is 0 Å². The molecule has 1 nitrogen and oxygen atoms in total. The van der Waals surface area contributed by atoms with Gasteiger partial charge in [-0.25, -0.2) is 0 Å². The SMILES string of the molecule is [CH]=CCC(C)=O. The molecule has 0 unspecified atom stereocenters. The maximum atomic E-state index is 9.93. The summed E-state index contributed by atoms with van der Waals surface area (Å²) in [7, 11) is 0. The summed E-state index contributed by atoms with van der Waals surface area (Å²) in [5.41, 5.74) is 0. The van der Waals surface area contributed by atoms with Crippen LogP contribution < -0.4 is 0 Å². The highest BCUT2D eigenvalue weighted by Crippen LogP contribution is 1.77. The molecule has 1 radical (unpaired) electrons. The van der Waals surface area contributed by atoms with Crippen LogP contribution in [0.5, 0.6) is 0 Å². The second-order valence-corrected chi connectivity index (χ2v) is 1.14. The summed E-state index contributed by atoms with van der Waals surface area (Å²) in [6, 6.07) is 0. The quantitative estimate of drug-likeness (QED) is 0.486. The number of hydrogen-bond donors (Lipinski definition) is 0. The molecule has 6 heavy (non-hydrogen) atoms. The first-order valence-corrected chi connectivity index (χ1v) is 1.80. The number of carbonyl (C=O) groups is 1. The summed E-state index contributed by atoms with van der Waals surface area (Å²) in [6.07, 6.45) is 1.74. The molecule has 0 aliphatic carbocycles. The predicted molar refractivity (Wildman–Crippen MR) is 24.2 cm³/mol. The van der Waals surface area contributed by atoms with Gasteiger partial charge in [-0.15, -0.1) is 0 Å². The van der Waals surface area contributed by atoms with Crippen molar-refractivity contribution in [3.05, 3.63) is 12.7 Å². The Kier molecular flexibility index (Phi) is 2.38. The van der Waals surface area contributed by atoms with Crippen LogP contribution in [0.1, 0.15) is 13.3 Å². The lowest BCUT2D eigenvalue weighted by atomic mass is 10.3. The first-order valence-electron chi connectivity index (χ1n) is 1.80. The maximum Gasteiger partial charge on any atom is 0.133 e. The highest BCUT2D eigenvalue weighted by atomic mass is 16.1. The zero-order valence-corrected chi connectivity index (χ0v) is 3.77. The van der Waals surface area contributed by atoms with Gasteiger partial charge in [-0.2, -0.15) is 0 Å². The third-order valence-electron chi connectivity index (χ3n) is 0.405. The van der Waals surface area contributed by atoms with E-state index in [9.17, 15) is 4.79 Å². The second kappa shape index (κ2) is 2.64. The van der Waals surface area contributed by atoms with E-state index in [0.29, 0.717) is 6.42 Å². The summed E-state index contributed by atoms with van der Waals surface area (Å²) in [4.78, 5) is 9.93. The molecule has 0 aliphatic heterocycles. The highest BCUT2D eigenvalue weighted by Gasteiger charge is 1.80. The van der Waals surface area contributed by atoms with E-state index in [1.54, 1.807) is 0 Å². The van der Waals surface area contributed by atoms with E-state index in [4.69, 9.17) is 6.58 Å². The van der Waals surface area contributed by atoms with E-state index >= 15 is 0 Å². The minimum absolute atomic E-state index is 0.109. The zero-order chi connectivity index (χ0) is 4.99. The van der Waals surface area contributed by atoms with Gasteiger partial charge in [0.25, 0.3) is 0 Å². The van der Waals surface area contributed by atoms with Crippen LogP contribution in [0, 0.1) is 6.58 Å². The topological polar surface area (TPSA) is 17.1 Å². The smallest absolute Gasteiger partial charge is 0.133 e. The maximum absolute atomic E-state index is 9.93. The predicted octanol–water partition coefficient (Wildman–Crippen LogP) is 0.955. The molecule has 0 aromatic rings. The monoisotopic (exact) mass is 83.0 g/mol. The molecule has 0 rings (SSSR count). The molecular formula is C5H7O. The van der Waals surface area contributed by atoms with Crippen molar-refractivity contribution >= 4 is 5.78 Å². The standard InChI is InChI=1S/C5H7O/c1-3-4-5(2)6/h1,3H,4H2,2H3. The van der Waals surface area contributed by atoms with E-state index in [2.05, 4.69) is 0 Å². The largest absolute Gasteiger partial charge is 0.300 e. The summed E-state index contributed by atoms with van der Waals surface area (Å²) in [6.45, 7) is 6.39. The fourth-order valence-corrected chi connectivity index (χ4v) is 0.166. The van der Waals surface area contributed by atoms with Gasteiger partial charge < -0.3 is 0 Å². The van der Waals surface area contributed by atoms with Gasteiger partial charge >= 0.3 is 0 Å². The van der Waals surface area contributed by atoms with E-state index in [1.165, 1.54) is 13.0 Å². The third kappa shape index (κ3) is 3.41. The molecular weight excluding hydrogens is 76.1 g/mol. The fraction of sp³-hybridized carbons (Fsp3) is 0.400. The van der Waals surface area contributed by atoms with Gasteiger partial charge in [-0.05, 0) is 6.92 Å². The first kappa shape index (κ1) is 5.41. The molecule has 0 aliphatic rings. The van der Waals surface area contributed by atoms with Crippen LogP contribution in [0.25, 0.3) is 0 Å². The summed E-state index contributed by atoms with van der Waals surface area (Å²) >= 11 is 0. The Bertz CT molecular complexity index is 64.3. The van der Waals surface area contributed by atoms with Gasteiger partial charge in [0.1, 0.15) is 5.78 Å². The molecule has 0 bridgehead atoms. The zero-order valence-electron chi connectivity index (χ0n) is 3.77. The van der Waals surface area contributed by atoms with Crippen LogP contribution >= 0.6 is 0 Å². The van der Waals surface area contributed by atoms with Gasteiger partial charge in [-0.3, -0.25) is 4.79 Å². The van der Waals surface area contributed by atoms with Crippen LogP contribution in [0.3, 0.4) is 0 Å². The number of Topliss-reactive ketones (excluding diaryl/α,β-unsaturated/α-hetero) is 1. The van der Waals surface area contributed by atoms with Crippen molar-refractivity contribution in [2.45, 2.75) is 13.3 Å². The van der Waals surface area contributed by atoms with Crippen LogP contribution in [0.4, 0.5) is 0 Å². The molecule has 0 amide bonds. The van der Waals surface area contributed by atoms with Gasteiger partial charge in [0.2, 0.25) is 0 Å². The van der Waals surface area contributed by atoms with E-state index in [-0.39, 0.29) is 5.78 Å². The summed E-state index contributed by atoms with van der Waals surface area (Å²) in [5.74, 6) is 0.109. The van der Waals surface area contributed by atoms with E-state index in [0.717, 1.165) is 0 Å². The van der Waals surface area contributed by atoms with Crippen molar-refractivity contribution < 1.29 is 4.79 Å². The molecule has 0 fully saturated rings. The molecule has 0 atom stereocenters. The third-order valence-corrected chi connectivity index (χ3v) is 0.405. The number of ketones is 1. The minimum Gasteiger partial charge on any atom is -0.300 e. The molecule has 0 N–H and O–H groups in total. The Morgan fingerprint density at radius 3 is 2.50 bits per heavy atom. The van der Waals surface area contributed by atoms with Crippen molar-refractivity contribution in [2.24, 2.45) is 0 Å². The van der Waals surface area contributed by atoms with E-state index < -0.39 is 0 Å². The average molecular weight is 83.1 g/mol. The Balaban J connectivity index is 3.05. The van der Waals surface area contributed by atoms with Crippen molar-refractivity contribution in [1.29, 1.82) is 0 Å².